The number of piperidine rings is 2. The zero-order chi connectivity index (χ0) is 22.7. The van der Waals surface area contributed by atoms with Gasteiger partial charge in [0.05, 0.1) is 11.9 Å². The molecule has 2 atom stereocenters. The molecule has 1 aromatic carbocycles. The molecule has 4 fully saturated rings. The van der Waals surface area contributed by atoms with Gasteiger partial charge in [-0.1, -0.05) is 18.9 Å². The number of nitrogens with one attached hydrogen (secondary N) is 2. The Labute approximate surface area is 187 Å². The van der Waals surface area contributed by atoms with Crippen molar-refractivity contribution in [1.82, 2.24) is 25.3 Å². The number of carbonyl (C=O) groups excluding carboxylic acids is 2. The molecule has 9 nitrogen and oxygen atoms in total. The number of carboxylic acid groups (broad SMARTS) is 1. The van der Waals surface area contributed by atoms with Gasteiger partial charge >= 0.3 is 0 Å². The molecule has 2 bridgehead atoms. The van der Waals surface area contributed by atoms with Crippen LogP contribution in [-0.2, 0) is 16.0 Å². The first-order valence-electron chi connectivity index (χ1n) is 11.4. The van der Waals surface area contributed by atoms with Gasteiger partial charge in [0.1, 0.15) is 0 Å². The lowest BCUT2D eigenvalue weighted by Gasteiger charge is -2.50. The van der Waals surface area contributed by atoms with E-state index in [4.69, 9.17) is 9.90 Å². The molecule has 32 heavy (non-hydrogen) atoms. The second kappa shape index (κ2) is 9.68. The molecule has 3 saturated heterocycles. The fraction of sp³-hybridized carbons (Fsp3) is 0.565. The summed E-state index contributed by atoms with van der Waals surface area (Å²) in [6.45, 7) is 1.46. The molecule has 2 aromatic rings. The Hall–Kier alpha value is -2.94. The molecular formula is C23H31N5O4. The second-order valence-corrected chi connectivity index (χ2v) is 9.07. The molecular weight excluding hydrogens is 410 g/mol. The molecule has 3 N–H and O–H groups in total. The molecule has 1 aliphatic carbocycles. The summed E-state index contributed by atoms with van der Waals surface area (Å²) in [5, 5.41) is 18.2. The highest BCUT2D eigenvalue weighted by Crippen LogP contribution is 2.30. The van der Waals surface area contributed by atoms with Gasteiger partial charge in [-0.05, 0) is 50.4 Å². The van der Waals surface area contributed by atoms with Crippen molar-refractivity contribution in [3.63, 3.8) is 0 Å². The van der Waals surface area contributed by atoms with E-state index in [1.807, 2.05) is 23.1 Å². The number of fused-ring (bicyclic) bond motifs is 4. The average Bonchev–Trinajstić information content (AvgIpc) is 3.43. The lowest BCUT2D eigenvalue weighted by molar-refractivity contribution is -0.123. The fourth-order valence-corrected chi connectivity index (χ4v) is 5.29. The smallest absolute Gasteiger partial charge is 0.290 e. The van der Waals surface area contributed by atoms with Gasteiger partial charge in [-0.25, -0.2) is 0 Å². The number of benzene rings is 1. The van der Waals surface area contributed by atoms with Crippen molar-refractivity contribution in [2.75, 3.05) is 20.1 Å². The Kier molecular flexibility index (Phi) is 6.74. The number of amides is 2. The van der Waals surface area contributed by atoms with Gasteiger partial charge in [-0.15, -0.1) is 0 Å². The number of H-pyrrole nitrogens is 1. The highest BCUT2D eigenvalue weighted by Gasteiger charge is 2.40. The number of hydrogen-bond donors (Lipinski definition) is 3. The number of carbonyl (C=O) groups is 3. The van der Waals surface area contributed by atoms with Crippen LogP contribution in [0.1, 0.15) is 54.6 Å². The summed E-state index contributed by atoms with van der Waals surface area (Å²) in [6, 6.07) is 6.86. The van der Waals surface area contributed by atoms with E-state index >= 15 is 0 Å². The summed E-state index contributed by atoms with van der Waals surface area (Å²) < 4.78 is 0. The van der Waals surface area contributed by atoms with Gasteiger partial charge in [-0.2, -0.15) is 5.10 Å². The molecule has 0 spiro atoms. The van der Waals surface area contributed by atoms with Crippen molar-refractivity contribution >= 4 is 29.2 Å². The summed E-state index contributed by atoms with van der Waals surface area (Å²) in [6.07, 6.45) is 7.13. The first-order chi connectivity index (χ1) is 15.5. The van der Waals surface area contributed by atoms with E-state index in [-0.39, 0.29) is 24.3 Å². The molecule has 6 rings (SSSR count). The van der Waals surface area contributed by atoms with E-state index in [0.717, 1.165) is 55.2 Å². The minimum absolute atomic E-state index is 0.00612. The molecule has 172 valence electrons. The Morgan fingerprint density at radius 1 is 1.19 bits per heavy atom. The normalized spacial score (nSPS) is 23.1. The van der Waals surface area contributed by atoms with Crippen LogP contribution in [0.2, 0.25) is 0 Å². The maximum absolute atomic E-state index is 13.3. The third-order valence-electron chi connectivity index (χ3n) is 6.98. The Bertz CT molecular complexity index is 984. The summed E-state index contributed by atoms with van der Waals surface area (Å²) in [5.74, 6) is 0.0654. The van der Waals surface area contributed by atoms with Crippen molar-refractivity contribution in [3.05, 3.63) is 29.5 Å². The first-order valence-corrected chi connectivity index (χ1v) is 11.4. The van der Waals surface area contributed by atoms with Crippen molar-refractivity contribution in [2.45, 2.75) is 63.1 Å². The molecule has 1 aromatic heterocycles. The minimum atomic E-state index is -0.250. The maximum atomic E-state index is 13.3. The number of likely N-dealkylation sites (N-methyl/N-ethyl adjacent to an activating group) is 1. The van der Waals surface area contributed by atoms with Gasteiger partial charge in [0.2, 0.25) is 5.91 Å². The van der Waals surface area contributed by atoms with Crippen LogP contribution in [0.15, 0.2) is 18.2 Å². The molecule has 4 heterocycles. The zero-order valence-corrected chi connectivity index (χ0v) is 18.4. The van der Waals surface area contributed by atoms with Gasteiger partial charge in [0.25, 0.3) is 12.4 Å². The van der Waals surface area contributed by atoms with Crippen LogP contribution >= 0.6 is 0 Å². The van der Waals surface area contributed by atoms with E-state index in [1.165, 1.54) is 12.8 Å². The van der Waals surface area contributed by atoms with Crippen LogP contribution in [0.5, 0.6) is 0 Å². The largest absolute Gasteiger partial charge is 0.483 e. The maximum Gasteiger partial charge on any atom is 0.290 e. The number of hydrogen-bond acceptors (Lipinski definition) is 5. The van der Waals surface area contributed by atoms with Crippen molar-refractivity contribution in [1.29, 1.82) is 0 Å². The summed E-state index contributed by atoms with van der Waals surface area (Å²) >= 11 is 0. The quantitative estimate of drug-likeness (QED) is 0.623. The van der Waals surface area contributed by atoms with Gasteiger partial charge in [0, 0.05) is 36.6 Å². The number of aromatic nitrogens is 2. The molecule has 3 aliphatic heterocycles. The van der Waals surface area contributed by atoms with Crippen molar-refractivity contribution < 1.29 is 19.5 Å². The summed E-state index contributed by atoms with van der Waals surface area (Å²) in [7, 11) is 2.14. The highest BCUT2D eigenvalue weighted by molar-refractivity contribution is 6.05. The fourth-order valence-electron chi connectivity index (χ4n) is 5.29. The number of nitrogens with zero attached hydrogens (tertiary/aromatic N) is 3. The Morgan fingerprint density at radius 2 is 1.91 bits per heavy atom. The molecule has 9 heteroatoms. The van der Waals surface area contributed by atoms with Crippen molar-refractivity contribution in [2.24, 2.45) is 0 Å². The topological polar surface area (TPSA) is 119 Å². The number of rotatable bonds is 4. The van der Waals surface area contributed by atoms with E-state index in [1.54, 1.807) is 0 Å². The van der Waals surface area contributed by atoms with Gasteiger partial charge < -0.3 is 15.3 Å². The Morgan fingerprint density at radius 3 is 2.56 bits per heavy atom. The van der Waals surface area contributed by atoms with E-state index in [0.29, 0.717) is 24.2 Å². The molecule has 4 aliphatic rings. The van der Waals surface area contributed by atoms with Crippen LogP contribution in [0.25, 0.3) is 10.9 Å². The van der Waals surface area contributed by atoms with Crippen LogP contribution in [0.4, 0.5) is 0 Å². The minimum Gasteiger partial charge on any atom is -0.483 e. The van der Waals surface area contributed by atoms with E-state index in [9.17, 15) is 9.59 Å². The summed E-state index contributed by atoms with van der Waals surface area (Å²) in [4.78, 5) is 38.4. The molecule has 2 amide bonds. The number of piperazine rings is 1. The van der Waals surface area contributed by atoms with E-state index < -0.39 is 0 Å². The van der Waals surface area contributed by atoms with E-state index in [2.05, 4.69) is 27.5 Å². The van der Waals surface area contributed by atoms with Gasteiger partial charge in [-0.3, -0.25) is 24.4 Å². The monoisotopic (exact) mass is 441 g/mol. The van der Waals surface area contributed by atoms with Crippen LogP contribution in [0.3, 0.4) is 0 Å². The standard InChI is InChI=1S/C22H29N5O2.CH2O2/c1-26-12-17-8-7-16(26)13-27(17)22(29)21-18-10-14(6-9-19(18)24-25-21)11-20(28)23-15-4-2-3-5-15;2-1-3/h6,9-10,15-17H,2-5,7-8,11-13H2,1H3,(H,23,28)(H,24,25);1H,(H,2,3). The SMILES string of the molecule is CN1CC2CCC1CN2C(=O)c1n[nH]c2ccc(CC(=O)NC3CCCC3)cc12.O=CO. The molecule has 1 saturated carbocycles. The zero-order valence-electron chi connectivity index (χ0n) is 18.4. The highest BCUT2D eigenvalue weighted by atomic mass is 16.3. The Balaban J connectivity index is 0.000000775. The second-order valence-electron chi connectivity index (χ2n) is 9.07. The third kappa shape index (κ3) is 4.62. The van der Waals surface area contributed by atoms with Crippen LogP contribution in [0, 0.1) is 0 Å². The summed E-state index contributed by atoms with van der Waals surface area (Å²) in [5.41, 5.74) is 2.24. The number of aromatic amines is 1. The predicted octanol–water partition coefficient (Wildman–Crippen LogP) is 1.78. The van der Waals surface area contributed by atoms with Crippen molar-refractivity contribution in [3.8, 4) is 0 Å². The van der Waals surface area contributed by atoms with Gasteiger partial charge in [0.15, 0.2) is 5.69 Å². The van der Waals surface area contributed by atoms with Crippen LogP contribution in [-0.4, -0.2) is 81.7 Å². The van der Waals surface area contributed by atoms with Crippen LogP contribution < -0.4 is 5.32 Å². The lowest BCUT2D eigenvalue weighted by atomic mass is 9.91. The molecule has 2 unspecified atom stereocenters. The average molecular weight is 442 g/mol. The predicted molar refractivity (Wildman–Crippen MR) is 119 cm³/mol. The first kappa shape index (κ1) is 22.3. The third-order valence-corrected chi connectivity index (χ3v) is 6.98. The molecule has 0 radical (unpaired) electrons. The lowest BCUT2D eigenvalue weighted by Crippen LogP contribution is -2.62.